The fourth-order valence-electron chi connectivity index (χ4n) is 2.61. The first kappa shape index (κ1) is 12.8. The van der Waals surface area contributed by atoms with Crippen LogP contribution >= 0.6 is 23.2 Å². The molecule has 0 aliphatic heterocycles. The Hall–Kier alpha value is -1.24. The second-order valence-electron chi connectivity index (χ2n) is 4.81. The lowest BCUT2D eigenvalue weighted by molar-refractivity contribution is 1.04. The van der Waals surface area contributed by atoms with Gasteiger partial charge in [0.05, 0.1) is 10.0 Å². The molecule has 2 aromatic carbocycles. The summed E-state index contributed by atoms with van der Waals surface area (Å²) in [7, 11) is 0. The van der Waals surface area contributed by atoms with Gasteiger partial charge in [0.2, 0.25) is 0 Å². The Morgan fingerprint density at radius 1 is 1.00 bits per heavy atom. The first-order valence-electron chi connectivity index (χ1n) is 6.46. The SMILES string of the molecule is CCC1=Cc2c(cccc2-c2cccc(Cl)c2Cl)C1. The topological polar surface area (TPSA) is 0 Å². The van der Waals surface area contributed by atoms with E-state index in [4.69, 9.17) is 23.2 Å². The van der Waals surface area contributed by atoms with Gasteiger partial charge in [-0.3, -0.25) is 0 Å². The molecule has 0 atom stereocenters. The Labute approximate surface area is 123 Å². The number of rotatable bonds is 2. The lowest BCUT2D eigenvalue weighted by Gasteiger charge is -2.10. The van der Waals surface area contributed by atoms with Gasteiger partial charge in [-0.2, -0.15) is 0 Å². The molecule has 0 heterocycles. The molecule has 0 nitrogen and oxygen atoms in total. The molecule has 2 heteroatoms. The molecule has 0 radical (unpaired) electrons. The molecular formula is C17H14Cl2. The summed E-state index contributed by atoms with van der Waals surface area (Å²) < 4.78 is 0. The summed E-state index contributed by atoms with van der Waals surface area (Å²) in [5.74, 6) is 0. The maximum Gasteiger partial charge on any atom is 0.0670 e. The van der Waals surface area contributed by atoms with E-state index in [1.165, 1.54) is 22.3 Å². The molecule has 0 aromatic heterocycles. The Morgan fingerprint density at radius 3 is 2.53 bits per heavy atom. The minimum atomic E-state index is 0.606. The van der Waals surface area contributed by atoms with Crippen molar-refractivity contribution in [3.8, 4) is 11.1 Å². The molecular weight excluding hydrogens is 275 g/mol. The van der Waals surface area contributed by atoms with Crippen molar-refractivity contribution in [3.63, 3.8) is 0 Å². The highest BCUT2D eigenvalue weighted by molar-refractivity contribution is 6.43. The number of benzene rings is 2. The zero-order chi connectivity index (χ0) is 13.4. The number of hydrogen-bond acceptors (Lipinski definition) is 0. The highest BCUT2D eigenvalue weighted by Gasteiger charge is 2.17. The second kappa shape index (κ2) is 5.03. The molecule has 2 aromatic rings. The van der Waals surface area contributed by atoms with Crippen LogP contribution in [0.2, 0.25) is 10.0 Å². The smallest absolute Gasteiger partial charge is 0.0670 e. The second-order valence-corrected chi connectivity index (χ2v) is 5.60. The summed E-state index contributed by atoms with van der Waals surface area (Å²) in [6.07, 6.45) is 4.44. The van der Waals surface area contributed by atoms with Crippen LogP contribution in [0.1, 0.15) is 24.5 Å². The van der Waals surface area contributed by atoms with Crippen molar-refractivity contribution in [1.82, 2.24) is 0 Å². The van der Waals surface area contributed by atoms with Crippen molar-refractivity contribution in [2.45, 2.75) is 19.8 Å². The Balaban J connectivity index is 2.20. The van der Waals surface area contributed by atoms with Crippen LogP contribution in [0.3, 0.4) is 0 Å². The Kier molecular flexibility index (Phi) is 3.38. The lowest BCUT2D eigenvalue weighted by atomic mass is 9.97. The first-order valence-corrected chi connectivity index (χ1v) is 7.22. The average molecular weight is 289 g/mol. The van der Waals surface area contributed by atoms with Crippen LogP contribution in [0.4, 0.5) is 0 Å². The minimum absolute atomic E-state index is 0.606. The van der Waals surface area contributed by atoms with Crippen LogP contribution in [0, 0.1) is 0 Å². The predicted octanol–water partition coefficient (Wildman–Crippen LogP) is 6.01. The van der Waals surface area contributed by atoms with Crippen LogP contribution in [0.5, 0.6) is 0 Å². The standard InChI is InChI=1S/C17H14Cl2/c1-2-11-9-12-5-3-6-13(15(12)10-11)14-7-4-8-16(18)17(14)19/h3-8,10H,2,9H2,1H3. The third-order valence-corrected chi connectivity index (χ3v) is 4.48. The fraction of sp³-hybridized carbons (Fsp3) is 0.176. The predicted molar refractivity (Wildman–Crippen MR) is 83.9 cm³/mol. The number of fused-ring (bicyclic) bond motifs is 1. The van der Waals surface area contributed by atoms with E-state index in [0.717, 1.165) is 18.4 Å². The molecule has 0 amide bonds. The van der Waals surface area contributed by atoms with Gasteiger partial charge in [-0.05, 0) is 35.6 Å². The number of halogens is 2. The normalized spacial score (nSPS) is 13.3. The van der Waals surface area contributed by atoms with Crippen LogP contribution < -0.4 is 0 Å². The maximum absolute atomic E-state index is 6.35. The molecule has 3 rings (SSSR count). The zero-order valence-corrected chi connectivity index (χ0v) is 12.2. The monoisotopic (exact) mass is 288 g/mol. The molecule has 0 unspecified atom stereocenters. The highest BCUT2D eigenvalue weighted by Crippen LogP contribution is 2.39. The van der Waals surface area contributed by atoms with Crippen LogP contribution in [0.25, 0.3) is 17.2 Å². The van der Waals surface area contributed by atoms with Gasteiger partial charge in [-0.15, -0.1) is 0 Å². The van der Waals surface area contributed by atoms with Gasteiger partial charge in [-0.1, -0.05) is 72.1 Å². The lowest BCUT2D eigenvalue weighted by Crippen LogP contribution is -1.88. The highest BCUT2D eigenvalue weighted by atomic mass is 35.5. The van der Waals surface area contributed by atoms with Crippen molar-refractivity contribution in [1.29, 1.82) is 0 Å². The van der Waals surface area contributed by atoms with E-state index in [9.17, 15) is 0 Å². The molecule has 0 saturated carbocycles. The molecule has 1 aliphatic rings. The van der Waals surface area contributed by atoms with E-state index in [2.05, 4.69) is 31.2 Å². The molecule has 0 bridgehead atoms. The first-order chi connectivity index (χ1) is 9.20. The Bertz CT molecular complexity index is 669. The van der Waals surface area contributed by atoms with Gasteiger partial charge >= 0.3 is 0 Å². The zero-order valence-electron chi connectivity index (χ0n) is 10.7. The summed E-state index contributed by atoms with van der Waals surface area (Å²) in [5, 5.41) is 1.24. The molecule has 96 valence electrons. The summed E-state index contributed by atoms with van der Waals surface area (Å²) in [5.41, 5.74) is 6.34. The quantitative estimate of drug-likeness (QED) is 0.635. The van der Waals surface area contributed by atoms with Crippen molar-refractivity contribution in [2.24, 2.45) is 0 Å². The average Bonchev–Trinajstić information content (AvgIpc) is 2.85. The van der Waals surface area contributed by atoms with E-state index in [1.54, 1.807) is 0 Å². The van der Waals surface area contributed by atoms with Gasteiger partial charge in [0, 0.05) is 5.56 Å². The van der Waals surface area contributed by atoms with Gasteiger partial charge in [0.15, 0.2) is 0 Å². The third kappa shape index (κ3) is 2.20. The van der Waals surface area contributed by atoms with Crippen molar-refractivity contribution in [2.75, 3.05) is 0 Å². The van der Waals surface area contributed by atoms with E-state index >= 15 is 0 Å². The molecule has 0 saturated heterocycles. The van der Waals surface area contributed by atoms with E-state index < -0.39 is 0 Å². The minimum Gasteiger partial charge on any atom is -0.0827 e. The van der Waals surface area contributed by atoms with E-state index in [-0.39, 0.29) is 0 Å². The molecule has 19 heavy (non-hydrogen) atoms. The molecule has 0 fully saturated rings. The van der Waals surface area contributed by atoms with Crippen LogP contribution in [-0.2, 0) is 6.42 Å². The maximum atomic E-state index is 6.35. The largest absolute Gasteiger partial charge is 0.0827 e. The Morgan fingerprint density at radius 2 is 1.74 bits per heavy atom. The van der Waals surface area contributed by atoms with Crippen molar-refractivity contribution in [3.05, 3.63) is 63.1 Å². The van der Waals surface area contributed by atoms with E-state index in [0.29, 0.717) is 10.0 Å². The molecule has 0 N–H and O–H groups in total. The molecule has 1 aliphatic carbocycles. The van der Waals surface area contributed by atoms with Gasteiger partial charge in [0.1, 0.15) is 0 Å². The number of allylic oxidation sites excluding steroid dienone is 1. The van der Waals surface area contributed by atoms with Gasteiger partial charge in [-0.25, -0.2) is 0 Å². The van der Waals surface area contributed by atoms with Crippen molar-refractivity contribution < 1.29 is 0 Å². The molecule has 0 spiro atoms. The van der Waals surface area contributed by atoms with Gasteiger partial charge < -0.3 is 0 Å². The van der Waals surface area contributed by atoms with Crippen LogP contribution in [0.15, 0.2) is 42.0 Å². The van der Waals surface area contributed by atoms with Gasteiger partial charge in [0.25, 0.3) is 0 Å². The van der Waals surface area contributed by atoms with Crippen LogP contribution in [-0.4, -0.2) is 0 Å². The number of hydrogen-bond donors (Lipinski definition) is 0. The van der Waals surface area contributed by atoms with E-state index in [1.807, 2.05) is 18.2 Å². The summed E-state index contributed by atoms with van der Waals surface area (Å²) >= 11 is 12.5. The fourth-order valence-corrected chi connectivity index (χ4v) is 3.01. The summed E-state index contributed by atoms with van der Waals surface area (Å²) in [4.78, 5) is 0. The summed E-state index contributed by atoms with van der Waals surface area (Å²) in [6.45, 7) is 2.20. The summed E-state index contributed by atoms with van der Waals surface area (Å²) in [6, 6.07) is 12.2. The van der Waals surface area contributed by atoms with Crippen molar-refractivity contribution >= 4 is 29.3 Å². The third-order valence-electron chi connectivity index (χ3n) is 3.66.